The van der Waals surface area contributed by atoms with Gasteiger partial charge in [0, 0.05) is 0 Å². The number of methoxy groups -OCH3 is 1. The second kappa shape index (κ2) is 7.71. The van der Waals surface area contributed by atoms with Crippen molar-refractivity contribution in [2.45, 2.75) is 32.8 Å². The van der Waals surface area contributed by atoms with Crippen LogP contribution in [0.2, 0.25) is 5.28 Å². The Morgan fingerprint density at radius 3 is 2.69 bits per heavy atom. The van der Waals surface area contributed by atoms with Gasteiger partial charge in [0.2, 0.25) is 11.1 Å². The molecule has 0 radical (unpaired) electrons. The number of ketones is 1. The number of aromatic nitrogens is 3. The predicted molar refractivity (Wildman–Crippen MR) is 105 cm³/mol. The molecule has 0 fully saturated rings. The second-order valence-electron chi connectivity index (χ2n) is 6.78. The zero-order valence-electron chi connectivity index (χ0n) is 16.5. The lowest BCUT2D eigenvalue weighted by Crippen LogP contribution is -2.40. The first-order valence-electron chi connectivity index (χ1n) is 8.82. The summed E-state index contributed by atoms with van der Waals surface area (Å²) >= 11 is 5.83. The lowest BCUT2D eigenvalue weighted by atomic mass is 9.85. The highest BCUT2D eigenvalue weighted by Crippen LogP contribution is 2.39. The van der Waals surface area contributed by atoms with Gasteiger partial charge in [0.25, 0.3) is 0 Å². The molecular weight excluding hydrogens is 398 g/mol. The van der Waals surface area contributed by atoms with E-state index in [1.807, 2.05) is 19.1 Å². The minimum atomic E-state index is -1.19. The van der Waals surface area contributed by atoms with Crippen LogP contribution in [-0.2, 0) is 25.4 Å². The van der Waals surface area contributed by atoms with Gasteiger partial charge in [-0.15, -0.1) is 5.10 Å². The molecule has 152 valence electrons. The summed E-state index contributed by atoms with van der Waals surface area (Å²) in [7, 11) is 1.17. The highest BCUT2D eigenvalue weighted by Gasteiger charge is 2.42. The molecule has 0 amide bonds. The van der Waals surface area contributed by atoms with Crippen LogP contribution in [0.25, 0.3) is 11.3 Å². The first kappa shape index (κ1) is 20.6. The lowest BCUT2D eigenvalue weighted by molar-refractivity contribution is -0.131. The molecule has 0 aliphatic carbocycles. The molecular formula is C20H20ClN3O5. The molecule has 1 aliphatic heterocycles. The van der Waals surface area contributed by atoms with Crippen molar-refractivity contribution in [3.8, 4) is 5.69 Å². The van der Waals surface area contributed by atoms with Crippen molar-refractivity contribution >= 4 is 29.1 Å². The molecule has 1 aromatic heterocycles. The molecule has 1 aromatic carbocycles. The maximum Gasteiger partial charge on any atom is 0.513 e. The van der Waals surface area contributed by atoms with Gasteiger partial charge in [-0.2, -0.15) is 0 Å². The van der Waals surface area contributed by atoms with Gasteiger partial charge in [0.05, 0.1) is 18.4 Å². The van der Waals surface area contributed by atoms with Crippen molar-refractivity contribution in [2.75, 3.05) is 7.11 Å². The molecule has 0 bridgehead atoms. The number of hydrogen-bond donors (Lipinski definition) is 0. The predicted octanol–water partition coefficient (Wildman–Crippen LogP) is 3.87. The topological polar surface area (TPSA) is 92.5 Å². The zero-order chi connectivity index (χ0) is 21.3. The summed E-state index contributed by atoms with van der Waals surface area (Å²) in [6.45, 7) is 9.03. The van der Waals surface area contributed by atoms with E-state index in [1.54, 1.807) is 19.9 Å². The molecule has 1 aliphatic rings. The van der Waals surface area contributed by atoms with E-state index in [1.165, 1.54) is 18.1 Å². The van der Waals surface area contributed by atoms with Gasteiger partial charge in [0.15, 0.2) is 17.1 Å². The average Bonchev–Trinajstić information content (AvgIpc) is 3.12. The third-order valence-corrected chi connectivity index (χ3v) is 4.63. The molecule has 0 saturated carbocycles. The molecule has 9 heteroatoms. The number of nitrogens with zero attached hydrogens (tertiary/aromatic N) is 3. The maximum atomic E-state index is 13.3. The molecule has 0 unspecified atom stereocenters. The number of benzene rings is 1. The fourth-order valence-corrected chi connectivity index (χ4v) is 3.16. The van der Waals surface area contributed by atoms with Crippen LogP contribution in [0.3, 0.4) is 0 Å². The van der Waals surface area contributed by atoms with Gasteiger partial charge >= 0.3 is 6.16 Å². The Hall–Kier alpha value is -3.13. The summed E-state index contributed by atoms with van der Waals surface area (Å²) in [5.41, 5.74) is 1.05. The van der Waals surface area contributed by atoms with Gasteiger partial charge < -0.3 is 14.2 Å². The third kappa shape index (κ3) is 3.88. The van der Waals surface area contributed by atoms with E-state index in [-0.39, 0.29) is 28.2 Å². The number of carbonyl (C=O) groups is 2. The molecule has 2 aromatic rings. The van der Waals surface area contributed by atoms with Crippen molar-refractivity contribution in [1.29, 1.82) is 0 Å². The van der Waals surface area contributed by atoms with Crippen LogP contribution >= 0.6 is 11.6 Å². The van der Waals surface area contributed by atoms with E-state index in [9.17, 15) is 9.59 Å². The van der Waals surface area contributed by atoms with Crippen molar-refractivity contribution in [2.24, 2.45) is 0 Å². The van der Waals surface area contributed by atoms with E-state index < -0.39 is 11.8 Å². The van der Waals surface area contributed by atoms with Gasteiger partial charge in [-0.05, 0) is 55.1 Å². The smallest absolute Gasteiger partial charge is 0.476 e. The molecule has 0 saturated heterocycles. The highest BCUT2D eigenvalue weighted by molar-refractivity contribution is 6.28. The van der Waals surface area contributed by atoms with E-state index in [2.05, 4.69) is 21.4 Å². The van der Waals surface area contributed by atoms with Gasteiger partial charge in [-0.25, -0.2) is 14.5 Å². The molecule has 8 nitrogen and oxygen atoms in total. The fourth-order valence-electron chi connectivity index (χ4n) is 3.04. The Kier molecular flexibility index (Phi) is 5.48. The zero-order valence-corrected chi connectivity index (χ0v) is 17.2. The highest BCUT2D eigenvalue weighted by atomic mass is 35.5. The number of halogens is 1. The number of rotatable bonds is 4. The van der Waals surface area contributed by atoms with Crippen molar-refractivity contribution in [3.63, 3.8) is 0 Å². The van der Waals surface area contributed by atoms with Gasteiger partial charge in [-0.1, -0.05) is 19.6 Å². The molecule has 2 heterocycles. The molecule has 0 atom stereocenters. The van der Waals surface area contributed by atoms with Crippen LogP contribution in [-0.4, -0.2) is 39.4 Å². The second-order valence-corrected chi connectivity index (χ2v) is 7.12. The van der Waals surface area contributed by atoms with E-state index in [0.29, 0.717) is 17.7 Å². The Balaban J connectivity index is 2.27. The number of Topliss-reactive ketones (excluding diaryl/α,β-unsaturated/α-hetero) is 1. The van der Waals surface area contributed by atoms with Gasteiger partial charge in [-0.3, -0.25) is 4.79 Å². The van der Waals surface area contributed by atoms with Crippen LogP contribution in [0.1, 0.15) is 31.9 Å². The van der Waals surface area contributed by atoms with E-state index >= 15 is 0 Å². The molecule has 0 N–H and O–H groups in total. The van der Waals surface area contributed by atoms with Crippen LogP contribution < -0.4 is 0 Å². The summed E-state index contributed by atoms with van der Waals surface area (Å²) < 4.78 is 16.9. The molecule has 0 spiro atoms. The quantitative estimate of drug-likeness (QED) is 0.697. The Labute approximate surface area is 172 Å². The number of ether oxygens (including phenoxy) is 3. The monoisotopic (exact) mass is 417 g/mol. The van der Waals surface area contributed by atoms with Crippen molar-refractivity contribution in [1.82, 2.24) is 14.8 Å². The number of hydrogen-bond acceptors (Lipinski definition) is 7. The Bertz CT molecular complexity index is 1040. The average molecular weight is 418 g/mol. The van der Waals surface area contributed by atoms with Crippen molar-refractivity contribution < 1.29 is 23.8 Å². The van der Waals surface area contributed by atoms with Crippen LogP contribution in [0.15, 0.2) is 42.6 Å². The van der Waals surface area contributed by atoms with Crippen LogP contribution in [0.5, 0.6) is 0 Å². The SMILES string of the molecule is C=C1OC(C)(C)C(=O)C(c2cc(-n3cnc(Cl)n3)ccc2CC)=C1OC(=O)OC. The van der Waals surface area contributed by atoms with E-state index in [4.69, 9.17) is 21.1 Å². The summed E-state index contributed by atoms with van der Waals surface area (Å²) in [4.78, 5) is 29.0. The molecule has 3 rings (SSSR count). The van der Waals surface area contributed by atoms with Gasteiger partial charge in [0.1, 0.15) is 6.33 Å². The first-order chi connectivity index (χ1) is 13.7. The summed E-state index contributed by atoms with van der Waals surface area (Å²) in [6, 6.07) is 5.45. The number of aryl methyl sites for hydroxylation is 1. The van der Waals surface area contributed by atoms with Crippen LogP contribution in [0, 0.1) is 0 Å². The minimum absolute atomic E-state index is 0.0613. The largest absolute Gasteiger partial charge is 0.513 e. The third-order valence-electron chi connectivity index (χ3n) is 4.46. The normalized spacial score (nSPS) is 15.9. The van der Waals surface area contributed by atoms with E-state index in [0.717, 1.165) is 5.56 Å². The minimum Gasteiger partial charge on any atom is -0.476 e. The standard InChI is InChI=1S/C20H20ClN3O5/c1-6-12-7-8-13(24-10-22-18(21)23-24)9-14(12)15-16(28-19(26)27-5)11(2)29-20(3,4)17(15)25/h7-10H,2,6H2,1,3-5H3. The van der Waals surface area contributed by atoms with Crippen molar-refractivity contribution in [3.05, 3.63) is 59.0 Å². The summed E-state index contributed by atoms with van der Waals surface area (Å²) in [5.74, 6) is -0.372. The number of carbonyl (C=O) groups excluding carboxylic acids is 2. The lowest BCUT2D eigenvalue weighted by Gasteiger charge is -2.33. The van der Waals surface area contributed by atoms with Crippen LogP contribution in [0.4, 0.5) is 4.79 Å². The molecule has 29 heavy (non-hydrogen) atoms. The summed E-state index contributed by atoms with van der Waals surface area (Å²) in [5, 5.41) is 4.18. The Morgan fingerprint density at radius 1 is 1.38 bits per heavy atom. The summed E-state index contributed by atoms with van der Waals surface area (Å²) in [6.07, 6.45) is 1.11. The maximum absolute atomic E-state index is 13.3. The Morgan fingerprint density at radius 2 is 2.10 bits per heavy atom. The fraction of sp³-hybridized carbons (Fsp3) is 0.300. The first-order valence-corrected chi connectivity index (χ1v) is 9.19.